The van der Waals surface area contributed by atoms with E-state index in [2.05, 4.69) is 18.9 Å². The Bertz CT molecular complexity index is 1050. The lowest BCUT2D eigenvalue weighted by Crippen LogP contribution is -2.17. The molecule has 0 atom stereocenters. The highest BCUT2D eigenvalue weighted by molar-refractivity contribution is 6.12. The van der Waals surface area contributed by atoms with E-state index in [9.17, 15) is 40.7 Å². The second-order valence-corrected chi connectivity index (χ2v) is 6.52. The Balaban J connectivity index is 2.88. The molecule has 0 fully saturated rings. The summed E-state index contributed by atoms with van der Waals surface area (Å²) in [4.78, 5) is 37.1. The summed E-state index contributed by atoms with van der Waals surface area (Å²) in [5.74, 6) is -5.85. The molecule has 184 valence electrons. The average Bonchev–Trinajstić information content (AvgIpc) is 2.79. The van der Waals surface area contributed by atoms with Gasteiger partial charge in [0.05, 0.1) is 39.6 Å². The lowest BCUT2D eigenvalue weighted by molar-refractivity contribution is -0.139. The lowest BCUT2D eigenvalue weighted by Gasteiger charge is -2.18. The molecule has 0 radical (unpaired) electrons. The topological polar surface area (TPSA) is 88.1 Å². The molecular formula is C21H16F6O7. The Morgan fingerprint density at radius 1 is 0.618 bits per heavy atom. The molecule has 0 N–H and O–H groups in total. The van der Waals surface area contributed by atoms with Gasteiger partial charge in [0, 0.05) is 11.1 Å². The van der Waals surface area contributed by atoms with E-state index in [1.165, 1.54) is 0 Å². The molecule has 0 bridgehead atoms. The minimum atomic E-state index is -5.11. The van der Waals surface area contributed by atoms with Crippen molar-refractivity contribution in [3.05, 3.63) is 57.6 Å². The molecule has 13 heteroatoms. The van der Waals surface area contributed by atoms with Gasteiger partial charge in [-0.15, -0.1) is 0 Å². The number of esters is 2. The van der Waals surface area contributed by atoms with E-state index in [0.717, 1.165) is 28.4 Å². The Kier molecular flexibility index (Phi) is 7.49. The molecule has 0 aliphatic heterocycles. The van der Waals surface area contributed by atoms with Crippen LogP contribution in [0.15, 0.2) is 24.3 Å². The number of hydrogen-bond acceptors (Lipinski definition) is 7. The van der Waals surface area contributed by atoms with Crippen molar-refractivity contribution in [2.45, 2.75) is 12.4 Å². The summed E-state index contributed by atoms with van der Waals surface area (Å²) in [6.07, 6.45) is -10.2. The Labute approximate surface area is 188 Å². The van der Waals surface area contributed by atoms with Gasteiger partial charge < -0.3 is 18.9 Å². The predicted molar refractivity (Wildman–Crippen MR) is 102 cm³/mol. The maximum absolute atomic E-state index is 13.6. The summed E-state index contributed by atoms with van der Waals surface area (Å²) < 4.78 is 99.7. The van der Waals surface area contributed by atoms with Crippen molar-refractivity contribution in [1.29, 1.82) is 0 Å². The van der Waals surface area contributed by atoms with Crippen LogP contribution in [0, 0.1) is 0 Å². The van der Waals surface area contributed by atoms with Gasteiger partial charge in [-0.1, -0.05) is 0 Å². The smallest absolute Gasteiger partial charge is 0.420 e. The van der Waals surface area contributed by atoms with Gasteiger partial charge in [0.1, 0.15) is 22.6 Å². The number of ketones is 1. The second-order valence-electron chi connectivity index (χ2n) is 6.52. The highest BCUT2D eigenvalue weighted by atomic mass is 19.4. The minimum absolute atomic E-state index is 0.308. The molecule has 0 heterocycles. The highest BCUT2D eigenvalue weighted by Gasteiger charge is 2.40. The van der Waals surface area contributed by atoms with Gasteiger partial charge in [-0.2, -0.15) is 26.3 Å². The first kappa shape index (κ1) is 26.5. The van der Waals surface area contributed by atoms with E-state index in [1.54, 1.807) is 0 Å². The maximum Gasteiger partial charge on any atom is 0.420 e. The van der Waals surface area contributed by atoms with Crippen LogP contribution in [0.5, 0.6) is 11.5 Å². The van der Waals surface area contributed by atoms with E-state index < -0.39 is 75.0 Å². The quantitative estimate of drug-likeness (QED) is 0.331. The van der Waals surface area contributed by atoms with Crippen molar-refractivity contribution in [2.24, 2.45) is 0 Å². The van der Waals surface area contributed by atoms with Gasteiger partial charge in [0.2, 0.25) is 0 Å². The van der Waals surface area contributed by atoms with Gasteiger partial charge in [0.15, 0.2) is 5.78 Å². The van der Waals surface area contributed by atoms with Crippen LogP contribution >= 0.6 is 0 Å². The molecule has 2 aromatic carbocycles. The van der Waals surface area contributed by atoms with Crippen molar-refractivity contribution in [3.63, 3.8) is 0 Å². The van der Waals surface area contributed by atoms with Crippen molar-refractivity contribution in [1.82, 2.24) is 0 Å². The van der Waals surface area contributed by atoms with E-state index in [-0.39, 0.29) is 0 Å². The van der Waals surface area contributed by atoms with Crippen LogP contribution in [-0.2, 0) is 21.8 Å². The van der Waals surface area contributed by atoms with Crippen LogP contribution in [-0.4, -0.2) is 46.2 Å². The number of benzene rings is 2. The summed E-state index contributed by atoms with van der Waals surface area (Å²) in [6, 6.07) is 1.97. The number of hydrogen-bond donors (Lipinski definition) is 0. The Morgan fingerprint density at radius 3 is 1.18 bits per heavy atom. The molecule has 0 unspecified atom stereocenters. The summed E-state index contributed by atoms with van der Waals surface area (Å²) in [5.41, 5.74) is -6.30. The van der Waals surface area contributed by atoms with Gasteiger partial charge >= 0.3 is 24.3 Å². The van der Waals surface area contributed by atoms with Gasteiger partial charge in [-0.3, -0.25) is 4.79 Å². The van der Waals surface area contributed by atoms with Crippen LogP contribution < -0.4 is 9.47 Å². The van der Waals surface area contributed by atoms with Crippen molar-refractivity contribution >= 4 is 17.7 Å². The van der Waals surface area contributed by atoms with Gasteiger partial charge in [0.25, 0.3) is 0 Å². The molecule has 0 saturated carbocycles. The van der Waals surface area contributed by atoms with Crippen molar-refractivity contribution < 1.29 is 59.7 Å². The monoisotopic (exact) mass is 494 g/mol. The van der Waals surface area contributed by atoms with Crippen LogP contribution in [0.4, 0.5) is 26.3 Å². The number of methoxy groups -OCH3 is 4. The predicted octanol–water partition coefficient (Wildman–Crippen LogP) is 4.55. The van der Waals surface area contributed by atoms with Crippen molar-refractivity contribution in [3.8, 4) is 11.5 Å². The third kappa shape index (κ3) is 5.07. The first-order valence-corrected chi connectivity index (χ1v) is 9.01. The number of ether oxygens (including phenoxy) is 4. The third-order valence-corrected chi connectivity index (χ3v) is 4.53. The molecule has 7 nitrogen and oxygen atoms in total. The zero-order valence-electron chi connectivity index (χ0n) is 17.9. The summed E-state index contributed by atoms with van der Waals surface area (Å²) in [5, 5.41) is 0. The minimum Gasteiger partial charge on any atom is -0.495 e. The molecule has 2 rings (SSSR count). The number of halogens is 6. The van der Waals surface area contributed by atoms with Crippen LogP contribution in [0.3, 0.4) is 0 Å². The SMILES string of the molecule is COC(=O)c1cc(C(=O)c2cc(C(=O)OC)c(OC)c(C(F)(F)F)c2)cc(C(F)(F)F)c1OC. The Hall–Kier alpha value is -3.77. The fourth-order valence-corrected chi connectivity index (χ4v) is 3.07. The summed E-state index contributed by atoms with van der Waals surface area (Å²) >= 11 is 0. The zero-order valence-corrected chi connectivity index (χ0v) is 17.9. The fraction of sp³-hybridized carbons (Fsp3) is 0.286. The molecule has 0 aromatic heterocycles. The molecule has 0 amide bonds. The lowest BCUT2D eigenvalue weighted by atomic mass is 9.94. The second kappa shape index (κ2) is 9.61. The largest absolute Gasteiger partial charge is 0.495 e. The fourth-order valence-electron chi connectivity index (χ4n) is 3.07. The Morgan fingerprint density at radius 2 is 0.941 bits per heavy atom. The van der Waals surface area contributed by atoms with Crippen LogP contribution in [0.25, 0.3) is 0 Å². The molecule has 0 saturated heterocycles. The van der Waals surface area contributed by atoms with E-state index in [1.807, 2.05) is 0 Å². The summed E-state index contributed by atoms with van der Waals surface area (Å²) in [6.45, 7) is 0. The standard InChI is InChI=1S/C21H16F6O7/c1-31-16-11(18(29)33-3)5-9(7-13(16)20(22,23)24)15(28)10-6-12(19(30)34-4)17(32-2)14(8-10)21(25,26)27/h5-8H,1-4H3. The third-order valence-electron chi connectivity index (χ3n) is 4.53. The number of carbonyl (C=O) groups is 3. The summed E-state index contributed by atoms with van der Waals surface area (Å²) in [7, 11) is 3.43. The normalized spacial score (nSPS) is 11.6. The van der Waals surface area contributed by atoms with Crippen molar-refractivity contribution in [2.75, 3.05) is 28.4 Å². The molecule has 0 aliphatic carbocycles. The number of alkyl halides is 6. The molecule has 0 spiro atoms. The van der Waals surface area contributed by atoms with Crippen LogP contribution in [0.1, 0.15) is 47.8 Å². The first-order valence-electron chi connectivity index (χ1n) is 9.01. The van der Waals surface area contributed by atoms with Gasteiger partial charge in [-0.25, -0.2) is 9.59 Å². The zero-order chi connectivity index (χ0) is 26.0. The van der Waals surface area contributed by atoms with E-state index in [0.29, 0.717) is 24.3 Å². The van der Waals surface area contributed by atoms with E-state index in [4.69, 9.17) is 0 Å². The van der Waals surface area contributed by atoms with Crippen LogP contribution in [0.2, 0.25) is 0 Å². The van der Waals surface area contributed by atoms with Gasteiger partial charge in [-0.05, 0) is 24.3 Å². The molecular weight excluding hydrogens is 478 g/mol. The molecule has 2 aromatic rings. The molecule has 34 heavy (non-hydrogen) atoms. The number of rotatable bonds is 6. The van der Waals surface area contributed by atoms with E-state index >= 15 is 0 Å². The average molecular weight is 494 g/mol. The maximum atomic E-state index is 13.6. The first-order chi connectivity index (χ1) is 15.7. The molecule has 0 aliphatic rings. The number of carbonyl (C=O) groups excluding carboxylic acids is 3. The highest BCUT2D eigenvalue weighted by Crippen LogP contribution is 2.42.